The third-order valence-electron chi connectivity index (χ3n) is 2.20. The fourth-order valence-corrected chi connectivity index (χ4v) is 1.17. The topological polar surface area (TPSA) is 34.0 Å². The second-order valence-corrected chi connectivity index (χ2v) is 3.38. The van der Waals surface area contributed by atoms with Gasteiger partial charge in [0.15, 0.2) is 0 Å². The van der Waals surface area contributed by atoms with E-state index < -0.39 is 0 Å². The summed E-state index contributed by atoms with van der Waals surface area (Å²) in [4.78, 5) is 11.3. The van der Waals surface area contributed by atoms with Crippen LogP contribution in [0, 0.1) is 0 Å². The maximum atomic E-state index is 11.3. The van der Waals surface area contributed by atoms with Crippen molar-refractivity contribution in [3.05, 3.63) is 34.2 Å². The summed E-state index contributed by atoms with van der Waals surface area (Å²) in [5.74, 6) is 0. The van der Waals surface area contributed by atoms with Crippen LogP contribution in [0.1, 0.15) is 12.5 Å². The van der Waals surface area contributed by atoms with E-state index in [1.165, 1.54) is 0 Å². The summed E-state index contributed by atoms with van der Waals surface area (Å²) in [6, 6.07) is 4.08. The zero-order chi connectivity index (χ0) is 9.84. The smallest absolute Gasteiger partial charge is 0.250 e. The van der Waals surface area contributed by atoms with Gasteiger partial charge >= 0.3 is 0 Å². The van der Waals surface area contributed by atoms with Crippen molar-refractivity contribution >= 4 is 0 Å². The minimum atomic E-state index is 0.0563. The van der Waals surface area contributed by atoms with Crippen LogP contribution in [0.5, 0.6) is 0 Å². The molecule has 0 aliphatic heterocycles. The van der Waals surface area contributed by atoms with Gasteiger partial charge in [-0.15, -0.1) is 0 Å². The van der Waals surface area contributed by atoms with Gasteiger partial charge in [0, 0.05) is 25.4 Å². The molecule has 1 rings (SSSR count). The van der Waals surface area contributed by atoms with Gasteiger partial charge in [-0.1, -0.05) is 0 Å². The first-order valence-corrected chi connectivity index (χ1v) is 4.46. The quantitative estimate of drug-likeness (QED) is 0.736. The van der Waals surface area contributed by atoms with E-state index in [0.29, 0.717) is 6.04 Å². The van der Waals surface area contributed by atoms with Crippen LogP contribution in [0.3, 0.4) is 0 Å². The van der Waals surface area contributed by atoms with Crippen molar-refractivity contribution in [2.75, 3.05) is 7.05 Å². The van der Waals surface area contributed by atoms with Gasteiger partial charge in [-0.3, -0.25) is 4.79 Å². The van der Waals surface area contributed by atoms with E-state index in [2.05, 4.69) is 12.2 Å². The normalized spacial score (nSPS) is 12.8. The molecule has 72 valence electrons. The number of likely N-dealkylation sites (N-methyl/N-ethyl adjacent to an activating group) is 1. The van der Waals surface area contributed by atoms with E-state index in [4.69, 9.17) is 0 Å². The van der Waals surface area contributed by atoms with Crippen LogP contribution in [0.25, 0.3) is 0 Å². The highest BCUT2D eigenvalue weighted by atomic mass is 16.1. The summed E-state index contributed by atoms with van der Waals surface area (Å²) < 4.78 is 1.58. The van der Waals surface area contributed by atoms with E-state index in [-0.39, 0.29) is 5.56 Å². The zero-order valence-corrected chi connectivity index (χ0v) is 8.37. The second kappa shape index (κ2) is 4.23. The molecule has 13 heavy (non-hydrogen) atoms. The first-order chi connectivity index (χ1) is 6.13. The molecule has 1 unspecified atom stereocenters. The SMILES string of the molecule is CNC(C)Cc1ccn(C)c(=O)c1. The number of rotatable bonds is 3. The van der Waals surface area contributed by atoms with Crippen molar-refractivity contribution in [1.29, 1.82) is 0 Å². The molecule has 0 bridgehead atoms. The Morgan fingerprint density at radius 2 is 2.31 bits per heavy atom. The highest BCUT2D eigenvalue weighted by Crippen LogP contribution is 1.98. The number of aryl methyl sites for hydroxylation is 1. The summed E-state index contributed by atoms with van der Waals surface area (Å²) in [6.45, 7) is 2.09. The van der Waals surface area contributed by atoms with E-state index in [9.17, 15) is 4.79 Å². The predicted molar refractivity (Wildman–Crippen MR) is 53.9 cm³/mol. The van der Waals surface area contributed by atoms with Crippen molar-refractivity contribution in [3.8, 4) is 0 Å². The van der Waals surface area contributed by atoms with Crippen LogP contribution >= 0.6 is 0 Å². The second-order valence-electron chi connectivity index (χ2n) is 3.38. The number of nitrogens with zero attached hydrogens (tertiary/aromatic N) is 1. The minimum absolute atomic E-state index is 0.0563. The average Bonchev–Trinajstić information content (AvgIpc) is 2.11. The average molecular weight is 180 g/mol. The molecule has 0 amide bonds. The Labute approximate surface area is 78.4 Å². The van der Waals surface area contributed by atoms with Crippen LogP contribution in [-0.2, 0) is 13.5 Å². The van der Waals surface area contributed by atoms with Crippen molar-refractivity contribution < 1.29 is 0 Å². The van der Waals surface area contributed by atoms with Gasteiger partial charge in [0.25, 0.3) is 5.56 Å². The Morgan fingerprint density at radius 1 is 1.62 bits per heavy atom. The zero-order valence-electron chi connectivity index (χ0n) is 8.37. The number of aromatic nitrogens is 1. The highest BCUT2D eigenvalue weighted by Gasteiger charge is 2.01. The van der Waals surface area contributed by atoms with Crippen molar-refractivity contribution in [2.45, 2.75) is 19.4 Å². The molecule has 0 saturated heterocycles. The lowest BCUT2D eigenvalue weighted by Gasteiger charge is -2.09. The van der Waals surface area contributed by atoms with E-state index in [1.54, 1.807) is 23.9 Å². The molecule has 0 radical (unpaired) electrons. The predicted octanol–water partition coefficient (Wildman–Crippen LogP) is 0.536. The van der Waals surface area contributed by atoms with Crippen LogP contribution in [0.2, 0.25) is 0 Å². The molecule has 0 fully saturated rings. The van der Waals surface area contributed by atoms with Crippen LogP contribution in [0.15, 0.2) is 23.1 Å². The molecular formula is C10H16N2O. The molecule has 0 aromatic carbocycles. The molecule has 3 nitrogen and oxygen atoms in total. The molecule has 0 aliphatic carbocycles. The number of pyridine rings is 1. The maximum absolute atomic E-state index is 11.3. The Bertz CT molecular complexity index is 330. The number of nitrogens with one attached hydrogen (secondary N) is 1. The van der Waals surface area contributed by atoms with E-state index >= 15 is 0 Å². The maximum Gasteiger partial charge on any atom is 0.250 e. The van der Waals surface area contributed by atoms with Gasteiger partial charge in [-0.2, -0.15) is 0 Å². The molecule has 1 heterocycles. The lowest BCUT2D eigenvalue weighted by atomic mass is 10.1. The van der Waals surface area contributed by atoms with Crippen molar-refractivity contribution in [3.63, 3.8) is 0 Å². The van der Waals surface area contributed by atoms with Crippen molar-refractivity contribution in [2.24, 2.45) is 7.05 Å². The standard InChI is InChI=1S/C10H16N2O/c1-8(11-2)6-9-4-5-12(3)10(13)7-9/h4-5,7-8,11H,6H2,1-3H3. The first-order valence-electron chi connectivity index (χ1n) is 4.46. The molecule has 1 aromatic heterocycles. The Balaban J connectivity index is 2.80. The van der Waals surface area contributed by atoms with Gasteiger partial charge in [0.1, 0.15) is 0 Å². The largest absolute Gasteiger partial charge is 0.319 e. The fraction of sp³-hybridized carbons (Fsp3) is 0.500. The number of hydrogen-bond donors (Lipinski definition) is 1. The molecule has 0 spiro atoms. The summed E-state index contributed by atoms with van der Waals surface area (Å²) in [6.07, 6.45) is 2.70. The molecule has 1 aromatic rings. The lowest BCUT2D eigenvalue weighted by molar-refractivity contribution is 0.607. The molecule has 0 saturated carbocycles. The summed E-state index contributed by atoms with van der Waals surface area (Å²) in [5.41, 5.74) is 1.14. The van der Waals surface area contributed by atoms with Crippen molar-refractivity contribution in [1.82, 2.24) is 9.88 Å². The van der Waals surface area contributed by atoms with Gasteiger partial charge in [-0.05, 0) is 32.0 Å². The first kappa shape index (κ1) is 9.99. The van der Waals surface area contributed by atoms with E-state index in [1.807, 2.05) is 13.1 Å². The highest BCUT2D eigenvalue weighted by molar-refractivity contribution is 5.12. The Morgan fingerprint density at radius 3 is 2.85 bits per heavy atom. The van der Waals surface area contributed by atoms with Crippen LogP contribution in [0.4, 0.5) is 0 Å². The Hall–Kier alpha value is -1.09. The lowest BCUT2D eigenvalue weighted by Crippen LogP contribution is -2.25. The molecule has 3 heteroatoms. The Kier molecular flexibility index (Phi) is 3.25. The third-order valence-corrected chi connectivity index (χ3v) is 2.20. The molecular weight excluding hydrogens is 164 g/mol. The summed E-state index contributed by atoms with van der Waals surface area (Å²) in [5, 5.41) is 3.14. The fourth-order valence-electron chi connectivity index (χ4n) is 1.17. The third kappa shape index (κ3) is 2.70. The summed E-state index contributed by atoms with van der Waals surface area (Å²) in [7, 11) is 3.68. The molecule has 1 atom stereocenters. The van der Waals surface area contributed by atoms with E-state index in [0.717, 1.165) is 12.0 Å². The summed E-state index contributed by atoms with van der Waals surface area (Å²) >= 11 is 0. The monoisotopic (exact) mass is 180 g/mol. The minimum Gasteiger partial charge on any atom is -0.319 e. The molecule has 0 aliphatic rings. The van der Waals surface area contributed by atoms with Crippen LogP contribution in [-0.4, -0.2) is 17.7 Å². The van der Waals surface area contributed by atoms with Crippen LogP contribution < -0.4 is 10.9 Å². The molecule has 1 N–H and O–H groups in total. The van der Waals surface area contributed by atoms with Gasteiger partial charge < -0.3 is 9.88 Å². The number of hydrogen-bond acceptors (Lipinski definition) is 2. The van der Waals surface area contributed by atoms with Gasteiger partial charge in [0.05, 0.1) is 0 Å². The van der Waals surface area contributed by atoms with Gasteiger partial charge in [0.2, 0.25) is 0 Å². The van der Waals surface area contributed by atoms with Gasteiger partial charge in [-0.25, -0.2) is 0 Å².